The highest BCUT2D eigenvalue weighted by molar-refractivity contribution is 5.92. The van der Waals surface area contributed by atoms with Gasteiger partial charge in [0.2, 0.25) is 0 Å². The summed E-state index contributed by atoms with van der Waals surface area (Å²) in [5, 5.41) is 4.42. The molecule has 10 heteroatoms. The van der Waals surface area contributed by atoms with Gasteiger partial charge in [0.15, 0.2) is 0 Å². The largest absolute Gasteiger partial charge is 0.378 e. The number of rotatable bonds is 6. The van der Waals surface area contributed by atoms with E-state index in [-0.39, 0.29) is 6.04 Å². The molecule has 1 aromatic carbocycles. The number of nitrogens with zero attached hydrogens (tertiary/aromatic N) is 6. The van der Waals surface area contributed by atoms with Crippen molar-refractivity contribution in [2.75, 3.05) is 49.6 Å². The number of ether oxygens (including phenoxy) is 1. The van der Waals surface area contributed by atoms with Crippen LogP contribution in [0, 0.1) is 0 Å². The summed E-state index contributed by atoms with van der Waals surface area (Å²) >= 11 is 0. The zero-order valence-electron chi connectivity index (χ0n) is 20.2. The van der Waals surface area contributed by atoms with Gasteiger partial charge in [0.25, 0.3) is 0 Å². The first-order valence-corrected chi connectivity index (χ1v) is 12.5. The molecule has 5 heterocycles. The number of aromatic amines is 1. The number of benzene rings is 1. The maximum atomic E-state index is 6.09. The third kappa shape index (κ3) is 5.01. The molecule has 186 valence electrons. The predicted octanol–water partition coefficient (Wildman–Crippen LogP) is 2.92. The number of hydrogen-bond donors (Lipinski definition) is 3. The Morgan fingerprint density at radius 3 is 2.58 bits per heavy atom. The first-order chi connectivity index (χ1) is 17.7. The highest BCUT2D eigenvalue weighted by Crippen LogP contribution is 2.30. The Morgan fingerprint density at radius 2 is 1.81 bits per heavy atom. The van der Waals surface area contributed by atoms with Crippen molar-refractivity contribution in [1.29, 1.82) is 0 Å². The summed E-state index contributed by atoms with van der Waals surface area (Å²) in [6, 6.07) is 10.7. The number of anilines is 3. The zero-order valence-corrected chi connectivity index (χ0v) is 20.2. The van der Waals surface area contributed by atoms with Crippen molar-refractivity contribution in [2.24, 2.45) is 5.73 Å². The number of morpholine rings is 1. The summed E-state index contributed by atoms with van der Waals surface area (Å²) in [6.07, 6.45) is 7.53. The predicted molar refractivity (Wildman–Crippen MR) is 140 cm³/mol. The van der Waals surface area contributed by atoms with Gasteiger partial charge in [0.1, 0.15) is 23.6 Å². The molecule has 10 nitrogen and oxygen atoms in total. The number of likely N-dealkylation sites (tertiary alicyclic amines) is 1. The van der Waals surface area contributed by atoms with Crippen molar-refractivity contribution in [2.45, 2.75) is 25.4 Å². The van der Waals surface area contributed by atoms with Gasteiger partial charge in [-0.3, -0.25) is 4.90 Å². The Labute approximate surface area is 209 Å². The van der Waals surface area contributed by atoms with Crippen LogP contribution < -0.4 is 16.0 Å². The number of piperidine rings is 1. The standard InChI is InChI=1S/C26H31N9O/c27-19-2-1-7-34(15-19)16-24-28-13-21(14-29-24)32-20-5-3-18(4-6-20)23-12-22-25(33-23)30-17-31-26(22)35-8-10-36-11-9-35/h3-6,12-14,17,19,32H,1-2,7-11,15-16,27H2,(H,30,31,33)/t19-/m1/s1. The fraction of sp³-hybridized carbons (Fsp3) is 0.385. The lowest BCUT2D eigenvalue weighted by molar-refractivity contribution is 0.122. The Kier molecular flexibility index (Phi) is 6.46. The highest BCUT2D eigenvalue weighted by Gasteiger charge is 2.18. The molecule has 2 saturated heterocycles. The lowest BCUT2D eigenvalue weighted by Gasteiger charge is -2.29. The Balaban J connectivity index is 1.13. The molecule has 0 spiro atoms. The fourth-order valence-electron chi connectivity index (χ4n) is 4.95. The lowest BCUT2D eigenvalue weighted by atomic mass is 10.1. The third-order valence-corrected chi connectivity index (χ3v) is 6.81. The molecule has 4 N–H and O–H groups in total. The highest BCUT2D eigenvalue weighted by atomic mass is 16.5. The van der Waals surface area contributed by atoms with Crippen LogP contribution >= 0.6 is 0 Å². The topological polar surface area (TPSA) is 121 Å². The van der Waals surface area contributed by atoms with Crippen LogP contribution in [0.25, 0.3) is 22.3 Å². The number of hydrogen-bond acceptors (Lipinski definition) is 9. The van der Waals surface area contributed by atoms with Crippen molar-refractivity contribution >= 4 is 28.2 Å². The van der Waals surface area contributed by atoms with E-state index in [2.05, 4.69) is 70.4 Å². The summed E-state index contributed by atoms with van der Waals surface area (Å²) in [6.45, 7) is 5.82. The SMILES string of the molecule is N[C@@H]1CCCN(Cc2ncc(Nc3ccc(-c4cc5c(N6CCOCC6)ncnc5[nH]4)cc3)cn2)C1. The van der Waals surface area contributed by atoms with E-state index in [1.807, 2.05) is 12.4 Å². The van der Waals surface area contributed by atoms with Crippen LogP contribution in [0.4, 0.5) is 17.2 Å². The monoisotopic (exact) mass is 485 g/mol. The number of nitrogens with one attached hydrogen (secondary N) is 2. The smallest absolute Gasteiger partial charge is 0.143 e. The number of aromatic nitrogens is 5. The maximum Gasteiger partial charge on any atom is 0.143 e. The van der Waals surface area contributed by atoms with Crippen LogP contribution in [-0.2, 0) is 11.3 Å². The molecule has 0 unspecified atom stereocenters. The average Bonchev–Trinajstić information content (AvgIpc) is 3.35. The molecule has 0 radical (unpaired) electrons. The van der Waals surface area contributed by atoms with Crippen molar-refractivity contribution < 1.29 is 4.74 Å². The third-order valence-electron chi connectivity index (χ3n) is 6.81. The number of nitrogens with two attached hydrogens (primary N) is 1. The molecular weight excluding hydrogens is 454 g/mol. The molecule has 36 heavy (non-hydrogen) atoms. The first-order valence-electron chi connectivity index (χ1n) is 12.5. The Bertz CT molecular complexity index is 1300. The maximum absolute atomic E-state index is 6.09. The van der Waals surface area contributed by atoms with Gasteiger partial charge in [-0.1, -0.05) is 12.1 Å². The van der Waals surface area contributed by atoms with E-state index in [4.69, 9.17) is 10.5 Å². The van der Waals surface area contributed by atoms with E-state index in [1.54, 1.807) is 6.33 Å². The van der Waals surface area contributed by atoms with Crippen molar-refractivity contribution in [3.63, 3.8) is 0 Å². The number of fused-ring (bicyclic) bond motifs is 1. The van der Waals surface area contributed by atoms with Crippen molar-refractivity contribution in [3.8, 4) is 11.3 Å². The van der Waals surface area contributed by atoms with Gasteiger partial charge in [-0.25, -0.2) is 19.9 Å². The molecule has 2 aliphatic heterocycles. The van der Waals surface area contributed by atoms with E-state index in [0.717, 1.165) is 104 Å². The van der Waals surface area contributed by atoms with Crippen LogP contribution in [0.1, 0.15) is 18.7 Å². The van der Waals surface area contributed by atoms with Gasteiger partial charge in [-0.05, 0) is 43.1 Å². The molecule has 0 amide bonds. The molecule has 2 fully saturated rings. The molecular formula is C26H31N9O. The Hall–Kier alpha value is -3.60. The quantitative estimate of drug-likeness (QED) is 0.378. The minimum atomic E-state index is 0.256. The van der Waals surface area contributed by atoms with Crippen LogP contribution in [0.2, 0.25) is 0 Å². The van der Waals surface area contributed by atoms with Gasteiger partial charge in [0.05, 0.1) is 43.2 Å². The van der Waals surface area contributed by atoms with Gasteiger partial charge in [-0.15, -0.1) is 0 Å². The van der Waals surface area contributed by atoms with Crippen LogP contribution in [0.3, 0.4) is 0 Å². The van der Waals surface area contributed by atoms with Gasteiger partial charge < -0.3 is 25.7 Å². The molecule has 0 saturated carbocycles. The minimum absolute atomic E-state index is 0.256. The molecule has 4 aromatic rings. The first kappa shape index (κ1) is 22.8. The molecule has 0 aliphatic carbocycles. The van der Waals surface area contributed by atoms with Gasteiger partial charge >= 0.3 is 0 Å². The molecule has 0 bridgehead atoms. The summed E-state index contributed by atoms with van der Waals surface area (Å²) in [5.41, 5.74) is 10.9. The summed E-state index contributed by atoms with van der Waals surface area (Å²) in [5.74, 6) is 1.78. The number of H-pyrrole nitrogens is 1. The van der Waals surface area contributed by atoms with Crippen LogP contribution in [0.5, 0.6) is 0 Å². The minimum Gasteiger partial charge on any atom is -0.378 e. The van der Waals surface area contributed by atoms with Crippen molar-refractivity contribution in [1.82, 2.24) is 29.8 Å². The normalized spacial score (nSPS) is 19.0. The average molecular weight is 486 g/mol. The summed E-state index contributed by atoms with van der Waals surface area (Å²) in [7, 11) is 0. The van der Waals surface area contributed by atoms with Crippen LogP contribution in [0.15, 0.2) is 49.1 Å². The molecule has 3 aromatic heterocycles. The van der Waals surface area contributed by atoms with Crippen molar-refractivity contribution in [3.05, 3.63) is 54.9 Å². The van der Waals surface area contributed by atoms with Crippen LogP contribution in [-0.4, -0.2) is 75.3 Å². The fourth-order valence-corrected chi connectivity index (χ4v) is 4.95. The van der Waals surface area contributed by atoms with E-state index in [0.29, 0.717) is 0 Å². The molecule has 1 atom stereocenters. The van der Waals surface area contributed by atoms with E-state index >= 15 is 0 Å². The van der Waals surface area contributed by atoms with E-state index in [9.17, 15) is 0 Å². The molecule has 2 aliphatic rings. The second kappa shape index (κ2) is 10.2. The second-order valence-electron chi connectivity index (χ2n) is 9.47. The van der Waals surface area contributed by atoms with Gasteiger partial charge in [-0.2, -0.15) is 0 Å². The zero-order chi connectivity index (χ0) is 24.3. The second-order valence-corrected chi connectivity index (χ2v) is 9.47. The molecule has 6 rings (SSSR count). The van der Waals surface area contributed by atoms with E-state index in [1.165, 1.54) is 0 Å². The van der Waals surface area contributed by atoms with E-state index < -0.39 is 0 Å². The lowest BCUT2D eigenvalue weighted by Crippen LogP contribution is -2.42. The Morgan fingerprint density at radius 1 is 1.00 bits per heavy atom. The summed E-state index contributed by atoms with van der Waals surface area (Å²) in [4.78, 5) is 26.1. The summed E-state index contributed by atoms with van der Waals surface area (Å²) < 4.78 is 5.49. The van der Waals surface area contributed by atoms with Gasteiger partial charge in [0, 0.05) is 37.1 Å².